The summed E-state index contributed by atoms with van der Waals surface area (Å²) in [5, 5.41) is 19.1. The zero-order valence-electron chi connectivity index (χ0n) is 12.4. The standard InChI is InChI=1S/C16H21NO4/c1-10(2)16(15(19)20)5-6-17(9-16)13-8-21-14-7-11(18)3-4-12(13)14/h3-4,7,10,13,18H,5-6,8-9H2,1-2H3,(H,19,20). The first-order valence-electron chi connectivity index (χ1n) is 7.37. The summed E-state index contributed by atoms with van der Waals surface area (Å²) in [6.07, 6.45) is 0.671. The van der Waals surface area contributed by atoms with Gasteiger partial charge in [0.25, 0.3) is 0 Å². The zero-order chi connectivity index (χ0) is 15.2. The molecule has 114 valence electrons. The number of carboxylic acid groups (broad SMARTS) is 1. The van der Waals surface area contributed by atoms with E-state index in [2.05, 4.69) is 4.90 Å². The number of phenolic OH excluding ortho intramolecular Hbond substituents is 1. The molecule has 3 rings (SSSR count). The van der Waals surface area contributed by atoms with Gasteiger partial charge in [-0.1, -0.05) is 13.8 Å². The Morgan fingerprint density at radius 1 is 1.48 bits per heavy atom. The summed E-state index contributed by atoms with van der Waals surface area (Å²) in [5.74, 6) is 0.293. The highest BCUT2D eigenvalue weighted by atomic mass is 16.5. The number of aliphatic carboxylic acids is 1. The molecule has 2 N–H and O–H groups in total. The van der Waals surface area contributed by atoms with Crippen molar-refractivity contribution in [3.8, 4) is 11.5 Å². The highest BCUT2D eigenvalue weighted by Gasteiger charge is 2.49. The first-order chi connectivity index (χ1) is 9.94. The van der Waals surface area contributed by atoms with E-state index in [9.17, 15) is 15.0 Å². The van der Waals surface area contributed by atoms with Crippen molar-refractivity contribution in [2.45, 2.75) is 26.3 Å². The number of aromatic hydroxyl groups is 1. The maximum atomic E-state index is 11.7. The Bertz CT molecular complexity index is 571. The molecule has 1 fully saturated rings. The summed E-state index contributed by atoms with van der Waals surface area (Å²) < 4.78 is 5.64. The van der Waals surface area contributed by atoms with Crippen molar-refractivity contribution in [3.05, 3.63) is 23.8 Å². The highest BCUT2D eigenvalue weighted by Crippen LogP contribution is 2.45. The van der Waals surface area contributed by atoms with Crippen molar-refractivity contribution in [1.82, 2.24) is 4.90 Å². The van der Waals surface area contributed by atoms with E-state index in [0.717, 1.165) is 12.1 Å². The number of fused-ring (bicyclic) bond motifs is 1. The molecule has 0 aliphatic carbocycles. The van der Waals surface area contributed by atoms with Crippen molar-refractivity contribution in [2.75, 3.05) is 19.7 Å². The predicted molar refractivity (Wildman–Crippen MR) is 77.4 cm³/mol. The normalized spacial score (nSPS) is 28.6. The van der Waals surface area contributed by atoms with Gasteiger partial charge in [-0.3, -0.25) is 9.69 Å². The third kappa shape index (κ3) is 2.16. The minimum Gasteiger partial charge on any atom is -0.508 e. The second-order valence-electron chi connectivity index (χ2n) is 6.39. The number of carboxylic acids is 1. The molecule has 2 aliphatic rings. The van der Waals surface area contributed by atoms with Crippen LogP contribution in [0.2, 0.25) is 0 Å². The molecule has 2 heterocycles. The van der Waals surface area contributed by atoms with Crippen LogP contribution in [0.3, 0.4) is 0 Å². The lowest BCUT2D eigenvalue weighted by Crippen LogP contribution is -2.40. The number of carbonyl (C=O) groups is 1. The van der Waals surface area contributed by atoms with E-state index in [1.54, 1.807) is 12.1 Å². The van der Waals surface area contributed by atoms with Crippen LogP contribution in [0.15, 0.2) is 18.2 Å². The van der Waals surface area contributed by atoms with E-state index in [0.29, 0.717) is 25.3 Å². The number of benzene rings is 1. The Morgan fingerprint density at radius 3 is 2.86 bits per heavy atom. The van der Waals surface area contributed by atoms with Gasteiger partial charge < -0.3 is 14.9 Å². The van der Waals surface area contributed by atoms with Gasteiger partial charge >= 0.3 is 5.97 Å². The summed E-state index contributed by atoms with van der Waals surface area (Å²) in [5.41, 5.74) is 0.373. The molecule has 0 saturated carbocycles. The quantitative estimate of drug-likeness (QED) is 0.894. The van der Waals surface area contributed by atoms with Crippen molar-refractivity contribution < 1.29 is 19.7 Å². The van der Waals surface area contributed by atoms with Crippen LogP contribution in [0.4, 0.5) is 0 Å². The Hall–Kier alpha value is -1.75. The maximum absolute atomic E-state index is 11.7. The Kier molecular flexibility index (Phi) is 3.32. The number of ether oxygens (including phenoxy) is 1. The molecule has 0 spiro atoms. The van der Waals surface area contributed by atoms with E-state index in [1.165, 1.54) is 0 Å². The van der Waals surface area contributed by atoms with Gasteiger partial charge in [0.05, 0.1) is 11.5 Å². The van der Waals surface area contributed by atoms with Gasteiger partial charge in [-0.25, -0.2) is 0 Å². The molecule has 0 aromatic heterocycles. The summed E-state index contributed by atoms with van der Waals surface area (Å²) in [7, 11) is 0. The molecule has 2 unspecified atom stereocenters. The van der Waals surface area contributed by atoms with Crippen LogP contribution < -0.4 is 4.74 Å². The summed E-state index contributed by atoms with van der Waals surface area (Å²) in [6.45, 7) is 5.79. The SMILES string of the molecule is CC(C)C1(C(=O)O)CCN(C2COc3cc(O)ccc32)C1. The topological polar surface area (TPSA) is 70.0 Å². The minimum atomic E-state index is -0.704. The first-order valence-corrected chi connectivity index (χ1v) is 7.37. The summed E-state index contributed by atoms with van der Waals surface area (Å²) in [4.78, 5) is 13.9. The molecule has 0 bridgehead atoms. The van der Waals surface area contributed by atoms with Crippen molar-refractivity contribution >= 4 is 5.97 Å². The highest BCUT2D eigenvalue weighted by molar-refractivity contribution is 5.75. The van der Waals surface area contributed by atoms with Crippen LogP contribution in [0, 0.1) is 11.3 Å². The number of nitrogens with zero attached hydrogens (tertiary/aromatic N) is 1. The molecule has 0 radical (unpaired) electrons. The monoisotopic (exact) mass is 291 g/mol. The number of phenols is 1. The zero-order valence-corrected chi connectivity index (χ0v) is 12.4. The molecule has 5 heteroatoms. The van der Waals surface area contributed by atoms with Gasteiger partial charge in [0.2, 0.25) is 0 Å². The average molecular weight is 291 g/mol. The lowest BCUT2D eigenvalue weighted by Gasteiger charge is -2.30. The summed E-state index contributed by atoms with van der Waals surface area (Å²) in [6, 6.07) is 5.24. The van der Waals surface area contributed by atoms with Crippen LogP contribution >= 0.6 is 0 Å². The lowest BCUT2D eigenvalue weighted by atomic mass is 9.76. The van der Waals surface area contributed by atoms with E-state index in [-0.39, 0.29) is 17.7 Å². The fourth-order valence-corrected chi connectivity index (χ4v) is 3.51. The van der Waals surface area contributed by atoms with Crippen molar-refractivity contribution in [3.63, 3.8) is 0 Å². The summed E-state index contributed by atoms with van der Waals surface area (Å²) >= 11 is 0. The number of hydrogen-bond acceptors (Lipinski definition) is 4. The Labute approximate surface area is 124 Å². The second kappa shape index (κ2) is 4.91. The van der Waals surface area contributed by atoms with Crippen LogP contribution in [-0.2, 0) is 4.79 Å². The molecule has 21 heavy (non-hydrogen) atoms. The molecule has 2 aliphatic heterocycles. The third-order valence-corrected chi connectivity index (χ3v) is 5.06. The second-order valence-corrected chi connectivity index (χ2v) is 6.39. The molecule has 2 atom stereocenters. The van der Waals surface area contributed by atoms with Gasteiger partial charge in [0, 0.05) is 24.7 Å². The van der Waals surface area contributed by atoms with Crippen LogP contribution in [0.5, 0.6) is 11.5 Å². The first kappa shape index (κ1) is 14.2. The molecule has 0 amide bonds. The smallest absolute Gasteiger partial charge is 0.311 e. The van der Waals surface area contributed by atoms with Gasteiger partial charge in [0.15, 0.2) is 0 Å². The molecular weight excluding hydrogens is 270 g/mol. The van der Waals surface area contributed by atoms with Crippen LogP contribution in [0.25, 0.3) is 0 Å². The minimum absolute atomic E-state index is 0.0839. The van der Waals surface area contributed by atoms with Crippen molar-refractivity contribution in [2.24, 2.45) is 11.3 Å². The average Bonchev–Trinajstić information content (AvgIpc) is 3.01. The van der Waals surface area contributed by atoms with Crippen LogP contribution in [0.1, 0.15) is 31.9 Å². The van der Waals surface area contributed by atoms with E-state index in [1.807, 2.05) is 19.9 Å². The lowest BCUT2D eigenvalue weighted by molar-refractivity contribution is -0.151. The number of rotatable bonds is 3. The van der Waals surface area contributed by atoms with Crippen molar-refractivity contribution in [1.29, 1.82) is 0 Å². The van der Waals surface area contributed by atoms with Gasteiger partial charge in [-0.15, -0.1) is 0 Å². The van der Waals surface area contributed by atoms with Crippen LogP contribution in [-0.4, -0.2) is 40.8 Å². The Morgan fingerprint density at radius 2 is 2.24 bits per heavy atom. The number of likely N-dealkylation sites (tertiary alicyclic amines) is 1. The molecule has 1 aromatic rings. The number of hydrogen-bond donors (Lipinski definition) is 2. The fraction of sp³-hybridized carbons (Fsp3) is 0.562. The maximum Gasteiger partial charge on any atom is 0.311 e. The van der Waals surface area contributed by atoms with E-state index < -0.39 is 11.4 Å². The molecule has 1 aromatic carbocycles. The van der Waals surface area contributed by atoms with E-state index >= 15 is 0 Å². The van der Waals surface area contributed by atoms with Gasteiger partial charge in [-0.2, -0.15) is 0 Å². The van der Waals surface area contributed by atoms with Gasteiger partial charge in [0.1, 0.15) is 18.1 Å². The molecular formula is C16H21NO4. The third-order valence-electron chi connectivity index (χ3n) is 5.06. The predicted octanol–water partition coefficient (Wildman–Crippen LogP) is 2.26. The molecule has 5 nitrogen and oxygen atoms in total. The largest absolute Gasteiger partial charge is 0.508 e. The van der Waals surface area contributed by atoms with E-state index in [4.69, 9.17) is 4.74 Å². The molecule has 1 saturated heterocycles. The fourth-order valence-electron chi connectivity index (χ4n) is 3.51. The Balaban J connectivity index is 1.84. The van der Waals surface area contributed by atoms with Gasteiger partial charge in [-0.05, 0) is 24.5 Å².